The topological polar surface area (TPSA) is 61.4 Å². The molecular weight excluding hydrogens is 415 g/mol. The summed E-state index contributed by atoms with van der Waals surface area (Å²) in [5, 5.41) is 7.97. The number of halogens is 1. The fraction of sp³-hybridized carbons (Fsp3) is 0.500. The number of guanidine groups is 1. The van der Waals surface area contributed by atoms with Crippen LogP contribution in [0, 0.1) is 6.92 Å². The number of nitrogens with zero attached hydrogens (tertiary/aromatic N) is 1. The van der Waals surface area contributed by atoms with Crippen molar-refractivity contribution in [2.45, 2.75) is 26.7 Å². The van der Waals surface area contributed by atoms with E-state index in [9.17, 15) is 0 Å². The van der Waals surface area contributed by atoms with E-state index in [1.54, 1.807) is 7.05 Å². The van der Waals surface area contributed by atoms with E-state index < -0.39 is 0 Å². The number of rotatable bonds is 8. The molecule has 0 aliphatic rings. The standard InChI is InChI=1S/C18H28N4O.HI/c1-4-23-11-5-9-20-18(19-3)21-10-8-15-13-22-17-12-14(2)6-7-16(15)17;/h6-7,12-13,22H,4-5,8-11H2,1-3H3,(H2,19,20,21);1H. The number of H-pyrrole nitrogens is 1. The molecule has 0 aliphatic heterocycles. The highest BCUT2D eigenvalue weighted by Crippen LogP contribution is 2.19. The maximum atomic E-state index is 5.32. The summed E-state index contributed by atoms with van der Waals surface area (Å²) in [6, 6.07) is 6.54. The highest BCUT2D eigenvalue weighted by atomic mass is 127. The lowest BCUT2D eigenvalue weighted by molar-refractivity contribution is 0.145. The van der Waals surface area contributed by atoms with Crippen molar-refractivity contribution >= 4 is 40.8 Å². The molecule has 1 aromatic heterocycles. The van der Waals surface area contributed by atoms with Crippen molar-refractivity contribution < 1.29 is 4.74 Å². The monoisotopic (exact) mass is 444 g/mol. The Bertz CT molecular complexity index is 639. The third kappa shape index (κ3) is 6.32. The van der Waals surface area contributed by atoms with Crippen LogP contribution in [0.3, 0.4) is 0 Å². The number of aromatic nitrogens is 1. The zero-order valence-corrected chi connectivity index (χ0v) is 17.1. The number of aromatic amines is 1. The first-order valence-electron chi connectivity index (χ1n) is 8.33. The SMILES string of the molecule is CCOCCCNC(=NC)NCCc1c[nH]c2cc(C)ccc12.I. The smallest absolute Gasteiger partial charge is 0.190 e. The summed E-state index contributed by atoms with van der Waals surface area (Å²) in [6.45, 7) is 7.41. The molecule has 5 nitrogen and oxygen atoms in total. The first-order valence-corrected chi connectivity index (χ1v) is 8.33. The number of benzene rings is 1. The van der Waals surface area contributed by atoms with Crippen LogP contribution in [0.1, 0.15) is 24.5 Å². The minimum absolute atomic E-state index is 0. The van der Waals surface area contributed by atoms with Gasteiger partial charge in [0.05, 0.1) is 0 Å². The van der Waals surface area contributed by atoms with Gasteiger partial charge in [-0.25, -0.2) is 0 Å². The van der Waals surface area contributed by atoms with E-state index in [0.717, 1.165) is 45.1 Å². The van der Waals surface area contributed by atoms with Crippen molar-refractivity contribution in [2.24, 2.45) is 4.99 Å². The van der Waals surface area contributed by atoms with Gasteiger partial charge in [0.15, 0.2) is 5.96 Å². The number of nitrogens with one attached hydrogen (secondary N) is 3. The molecule has 24 heavy (non-hydrogen) atoms. The van der Waals surface area contributed by atoms with E-state index in [4.69, 9.17) is 4.74 Å². The van der Waals surface area contributed by atoms with E-state index in [2.05, 4.69) is 51.9 Å². The van der Waals surface area contributed by atoms with Crippen LogP contribution in [0.4, 0.5) is 0 Å². The molecule has 0 unspecified atom stereocenters. The minimum Gasteiger partial charge on any atom is -0.382 e. The van der Waals surface area contributed by atoms with Gasteiger partial charge in [-0.3, -0.25) is 4.99 Å². The van der Waals surface area contributed by atoms with Crippen LogP contribution in [0.25, 0.3) is 10.9 Å². The van der Waals surface area contributed by atoms with Crippen LogP contribution in [0.5, 0.6) is 0 Å². The number of aryl methyl sites for hydroxylation is 1. The first-order chi connectivity index (χ1) is 11.2. The number of ether oxygens (including phenoxy) is 1. The van der Waals surface area contributed by atoms with Crippen LogP contribution < -0.4 is 10.6 Å². The minimum atomic E-state index is 0. The fourth-order valence-corrected chi connectivity index (χ4v) is 2.57. The summed E-state index contributed by atoms with van der Waals surface area (Å²) in [4.78, 5) is 7.59. The van der Waals surface area contributed by atoms with E-state index in [0.29, 0.717) is 0 Å². The van der Waals surface area contributed by atoms with E-state index >= 15 is 0 Å². The summed E-state index contributed by atoms with van der Waals surface area (Å²) >= 11 is 0. The highest BCUT2D eigenvalue weighted by Gasteiger charge is 2.04. The number of hydrogen-bond acceptors (Lipinski definition) is 2. The molecule has 0 atom stereocenters. The summed E-state index contributed by atoms with van der Waals surface area (Å²) in [5.74, 6) is 0.845. The number of fused-ring (bicyclic) bond motifs is 1. The lowest BCUT2D eigenvalue weighted by atomic mass is 10.1. The average Bonchev–Trinajstić information content (AvgIpc) is 2.95. The van der Waals surface area contributed by atoms with Gasteiger partial charge in [-0.15, -0.1) is 24.0 Å². The first kappa shape index (κ1) is 20.8. The van der Waals surface area contributed by atoms with Gasteiger partial charge >= 0.3 is 0 Å². The Hall–Kier alpha value is -1.28. The van der Waals surface area contributed by atoms with Crippen molar-refractivity contribution in [1.82, 2.24) is 15.6 Å². The lowest BCUT2D eigenvalue weighted by Crippen LogP contribution is -2.39. The van der Waals surface area contributed by atoms with Gasteiger partial charge in [0.25, 0.3) is 0 Å². The van der Waals surface area contributed by atoms with Crippen molar-refractivity contribution in [3.05, 3.63) is 35.5 Å². The largest absolute Gasteiger partial charge is 0.382 e. The van der Waals surface area contributed by atoms with Crippen LogP contribution >= 0.6 is 24.0 Å². The Morgan fingerprint density at radius 3 is 2.79 bits per heavy atom. The third-order valence-corrected chi connectivity index (χ3v) is 3.80. The van der Waals surface area contributed by atoms with Gasteiger partial charge in [0, 0.05) is 50.5 Å². The Morgan fingerprint density at radius 1 is 1.25 bits per heavy atom. The molecule has 2 aromatic rings. The zero-order valence-electron chi connectivity index (χ0n) is 14.8. The summed E-state index contributed by atoms with van der Waals surface area (Å²) in [7, 11) is 1.80. The van der Waals surface area contributed by atoms with Gasteiger partial charge in [0.1, 0.15) is 0 Å². The Labute approximate surface area is 161 Å². The Morgan fingerprint density at radius 2 is 2.04 bits per heavy atom. The van der Waals surface area contributed by atoms with Gasteiger partial charge in [-0.1, -0.05) is 12.1 Å². The predicted molar refractivity (Wildman–Crippen MR) is 113 cm³/mol. The Balaban J connectivity index is 0.00000288. The van der Waals surface area contributed by atoms with Crippen LogP contribution in [-0.2, 0) is 11.2 Å². The van der Waals surface area contributed by atoms with Crippen molar-refractivity contribution in [1.29, 1.82) is 0 Å². The molecule has 1 aromatic carbocycles. The van der Waals surface area contributed by atoms with E-state index in [1.165, 1.54) is 22.0 Å². The lowest BCUT2D eigenvalue weighted by Gasteiger charge is -2.11. The molecule has 0 saturated carbocycles. The van der Waals surface area contributed by atoms with Crippen molar-refractivity contribution in [3.8, 4) is 0 Å². The molecule has 1 heterocycles. The van der Waals surface area contributed by atoms with Crippen molar-refractivity contribution in [2.75, 3.05) is 33.4 Å². The maximum absolute atomic E-state index is 5.32. The molecule has 3 N–H and O–H groups in total. The van der Waals surface area contributed by atoms with Crippen LogP contribution in [0.15, 0.2) is 29.4 Å². The molecule has 6 heteroatoms. The second-order valence-corrected chi connectivity index (χ2v) is 5.59. The second kappa shape index (κ2) is 11.3. The molecular formula is C18H29IN4O. The normalized spacial score (nSPS) is 11.4. The summed E-state index contributed by atoms with van der Waals surface area (Å²) in [6.07, 6.45) is 4.04. The summed E-state index contributed by atoms with van der Waals surface area (Å²) in [5.41, 5.74) is 3.82. The number of aliphatic imine (C=N–C) groups is 1. The van der Waals surface area contributed by atoms with Crippen LogP contribution in [-0.4, -0.2) is 44.3 Å². The molecule has 0 bridgehead atoms. The quantitative estimate of drug-likeness (QED) is 0.254. The summed E-state index contributed by atoms with van der Waals surface area (Å²) < 4.78 is 5.32. The van der Waals surface area contributed by atoms with E-state index in [-0.39, 0.29) is 24.0 Å². The molecule has 0 fully saturated rings. The zero-order chi connectivity index (χ0) is 16.5. The molecule has 2 rings (SSSR count). The average molecular weight is 444 g/mol. The van der Waals surface area contributed by atoms with Gasteiger partial charge in [0.2, 0.25) is 0 Å². The Kier molecular flexibility index (Phi) is 9.78. The van der Waals surface area contributed by atoms with Crippen molar-refractivity contribution in [3.63, 3.8) is 0 Å². The molecule has 0 amide bonds. The van der Waals surface area contributed by atoms with Gasteiger partial charge < -0.3 is 20.4 Å². The molecule has 0 radical (unpaired) electrons. The predicted octanol–water partition coefficient (Wildman–Crippen LogP) is 3.23. The van der Waals surface area contributed by atoms with Gasteiger partial charge in [-0.2, -0.15) is 0 Å². The molecule has 0 aliphatic carbocycles. The van der Waals surface area contributed by atoms with E-state index in [1.807, 2.05) is 6.92 Å². The third-order valence-electron chi connectivity index (χ3n) is 3.80. The molecule has 134 valence electrons. The second-order valence-electron chi connectivity index (χ2n) is 5.59. The highest BCUT2D eigenvalue weighted by molar-refractivity contribution is 14.0. The maximum Gasteiger partial charge on any atom is 0.190 e. The number of hydrogen-bond donors (Lipinski definition) is 3. The van der Waals surface area contributed by atoms with Gasteiger partial charge in [-0.05, 0) is 43.9 Å². The molecule has 0 saturated heterocycles. The fourth-order valence-electron chi connectivity index (χ4n) is 2.57. The van der Waals surface area contributed by atoms with Crippen LogP contribution in [0.2, 0.25) is 0 Å². The molecule has 0 spiro atoms.